The maximum atomic E-state index is 12.8. The molecule has 1 amide bonds. The summed E-state index contributed by atoms with van der Waals surface area (Å²) in [6, 6.07) is 13.0. The summed E-state index contributed by atoms with van der Waals surface area (Å²) >= 11 is 0.356. The number of nitrogens with one attached hydrogen (secondary N) is 1. The highest BCUT2D eigenvalue weighted by atomic mass is 32.2. The standard InChI is InChI=1S/C19H17F2N3O2S/c1-2-11-24-18(26)13-8-4-3-7-12(13)16(23-24)17(25)22-14-9-5-6-10-15(14)27-19(20)21/h3-10,19H,2,11H2,1H3,(H,22,25). The fraction of sp³-hybridized carbons (Fsp3) is 0.211. The summed E-state index contributed by atoms with van der Waals surface area (Å²) in [4.78, 5) is 25.6. The number of halogens is 2. The predicted molar refractivity (Wildman–Crippen MR) is 103 cm³/mol. The van der Waals surface area contributed by atoms with Crippen LogP contribution in [0.15, 0.2) is 58.2 Å². The largest absolute Gasteiger partial charge is 0.320 e. The topological polar surface area (TPSA) is 64.0 Å². The van der Waals surface area contributed by atoms with Crippen molar-refractivity contribution in [3.63, 3.8) is 0 Å². The lowest BCUT2D eigenvalue weighted by atomic mass is 10.1. The maximum absolute atomic E-state index is 12.8. The Bertz CT molecular complexity index is 1040. The third-order valence-corrected chi connectivity index (χ3v) is 4.66. The van der Waals surface area contributed by atoms with E-state index in [1.807, 2.05) is 6.92 Å². The average molecular weight is 389 g/mol. The van der Waals surface area contributed by atoms with E-state index in [1.54, 1.807) is 42.5 Å². The zero-order valence-corrected chi connectivity index (χ0v) is 15.3. The Morgan fingerprint density at radius 3 is 2.52 bits per heavy atom. The summed E-state index contributed by atoms with van der Waals surface area (Å²) in [5.74, 6) is -3.16. The molecule has 0 aliphatic carbocycles. The van der Waals surface area contributed by atoms with Crippen LogP contribution in [0.25, 0.3) is 10.8 Å². The zero-order valence-electron chi connectivity index (χ0n) is 14.5. The van der Waals surface area contributed by atoms with Crippen molar-refractivity contribution in [2.24, 2.45) is 0 Å². The molecule has 0 spiro atoms. The van der Waals surface area contributed by atoms with Gasteiger partial charge in [0.05, 0.1) is 11.1 Å². The van der Waals surface area contributed by atoms with Crippen molar-refractivity contribution in [3.8, 4) is 0 Å². The van der Waals surface area contributed by atoms with Crippen LogP contribution in [-0.4, -0.2) is 21.4 Å². The molecular weight excluding hydrogens is 372 g/mol. The molecule has 3 rings (SSSR count). The van der Waals surface area contributed by atoms with E-state index >= 15 is 0 Å². The summed E-state index contributed by atoms with van der Waals surface area (Å²) < 4.78 is 26.8. The van der Waals surface area contributed by atoms with Gasteiger partial charge in [-0.05, 0) is 24.6 Å². The van der Waals surface area contributed by atoms with Crippen molar-refractivity contribution in [2.75, 3.05) is 5.32 Å². The fourth-order valence-corrected chi connectivity index (χ4v) is 3.31. The van der Waals surface area contributed by atoms with Gasteiger partial charge in [0.15, 0.2) is 5.69 Å². The van der Waals surface area contributed by atoms with Crippen LogP contribution >= 0.6 is 11.8 Å². The fourth-order valence-electron chi connectivity index (χ4n) is 2.72. The minimum absolute atomic E-state index is 0.0792. The van der Waals surface area contributed by atoms with E-state index in [1.165, 1.54) is 10.7 Å². The second kappa shape index (κ2) is 8.30. The number of benzene rings is 2. The highest BCUT2D eigenvalue weighted by Crippen LogP contribution is 2.32. The van der Waals surface area contributed by atoms with Crippen LogP contribution in [0.2, 0.25) is 0 Å². The van der Waals surface area contributed by atoms with Gasteiger partial charge in [0.2, 0.25) is 0 Å². The SMILES string of the molecule is CCCn1nc(C(=O)Nc2ccccc2SC(F)F)c2ccccc2c1=O. The number of hydrogen-bond acceptors (Lipinski definition) is 4. The summed E-state index contributed by atoms with van der Waals surface area (Å²) in [5, 5.41) is 7.67. The molecule has 1 aromatic heterocycles. The Morgan fingerprint density at radius 2 is 1.81 bits per heavy atom. The molecule has 0 unspecified atom stereocenters. The quantitative estimate of drug-likeness (QED) is 0.636. The second-order valence-corrected chi connectivity index (χ2v) is 6.78. The summed E-state index contributed by atoms with van der Waals surface area (Å²) in [6.45, 7) is 2.28. The molecule has 0 aliphatic rings. The number of para-hydroxylation sites is 1. The predicted octanol–water partition coefficient (Wildman–Crippen LogP) is 4.37. The van der Waals surface area contributed by atoms with Crippen molar-refractivity contribution in [1.82, 2.24) is 9.78 Å². The van der Waals surface area contributed by atoms with Gasteiger partial charge in [-0.1, -0.05) is 49.0 Å². The monoisotopic (exact) mass is 389 g/mol. The van der Waals surface area contributed by atoms with Gasteiger partial charge in [-0.3, -0.25) is 9.59 Å². The Hall–Kier alpha value is -2.74. The summed E-state index contributed by atoms with van der Waals surface area (Å²) in [5.41, 5.74) is 0.0834. The Kier molecular flexibility index (Phi) is 5.85. The van der Waals surface area contributed by atoms with Crippen molar-refractivity contribution < 1.29 is 13.6 Å². The van der Waals surface area contributed by atoms with Gasteiger partial charge in [-0.15, -0.1) is 0 Å². The van der Waals surface area contributed by atoms with Crippen LogP contribution in [0.3, 0.4) is 0 Å². The maximum Gasteiger partial charge on any atom is 0.288 e. The van der Waals surface area contributed by atoms with E-state index in [9.17, 15) is 18.4 Å². The van der Waals surface area contributed by atoms with E-state index < -0.39 is 11.7 Å². The molecule has 1 heterocycles. The summed E-state index contributed by atoms with van der Waals surface area (Å²) in [7, 11) is 0. The van der Waals surface area contributed by atoms with Crippen LogP contribution < -0.4 is 10.9 Å². The van der Waals surface area contributed by atoms with Gasteiger partial charge in [0.1, 0.15) is 0 Å². The minimum atomic E-state index is -2.60. The molecule has 0 saturated heterocycles. The molecule has 5 nitrogen and oxygen atoms in total. The Balaban J connectivity index is 2.04. The van der Waals surface area contributed by atoms with Gasteiger partial charge >= 0.3 is 0 Å². The first-order valence-electron chi connectivity index (χ1n) is 8.36. The Labute approximate surface area is 158 Å². The molecule has 140 valence electrons. The summed E-state index contributed by atoms with van der Waals surface area (Å²) in [6.07, 6.45) is 0.681. The molecule has 0 fully saturated rings. The van der Waals surface area contributed by atoms with Crippen molar-refractivity contribution >= 4 is 34.1 Å². The molecule has 3 aromatic rings. The van der Waals surface area contributed by atoms with Gasteiger partial charge in [0, 0.05) is 16.8 Å². The van der Waals surface area contributed by atoms with Gasteiger partial charge < -0.3 is 5.32 Å². The molecule has 27 heavy (non-hydrogen) atoms. The van der Waals surface area contributed by atoms with E-state index in [4.69, 9.17) is 0 Å². The first-order valence-corrected chi connectivity index (χ1v) is 9.24. The number of nitrogens with zero attached hydrogens (tertiary/aromatic N) is 2. The molecule has 2 aromatic carbocycles. The second-order valence-electron chi connectivity index (χ2n) is 5.75. The first-order chi connectivity index (χ1) is 13.0. The van der Waals surface area contributed by atoms with Gasteiger partial charge in [-0.2, -0.15) is 13.9 Å². The zero-order chi connectivity index (χ0) is 19.4. The lowest BCUT2D eigenvalue weighted by Gasteiger charge is -2.13. The highest BCUT2D eigenvalue weighted by Gasteiger charge is 2.18. The van der Waals surface area contributed by atoms with Crippen molar-refractivity contribution in [1.29, 1.82) is 0 Å². The molecule has 0 atom stereocenters. The molecular formula is C19H17F2N3O2S. The van der Waals surface area contributed by atoms with Crippen LogP contribution in [0.1, 0.15) is 23.8 Å². The first kappa shape index (κ1) is 19.0. The smallest absolute Gasteiger partial charge is 0.288 e. The van der Waals surface area contributed by atoms with Crippen LogP contribution in [0.4, 0.5) is 14.5 Å². The number of carbonyl (C=O) groups is 1. The molecule has 8 heteroatoms. The number of aryl methyl sites for hydroxylation is 1. The van der Waals surface area contributed by atoms with E-state index in [2.05, 4.69) is 10.4 Å². The van der Waals surface area contributed by atoms with Crippen molar-refractivity contribution in [3.05, 3.63) is 64.6 Å². The molecule has 0 bridgehead atoms. The number of fused-ring (bicyclic) bond motifs is 1. The number of amides is 1. The van der Waals surface area contributed by atoms with Crippen LogP contribution in [0, 0.1) is 0 Å². The van der Waals surface area contributed by atoms with Gasteiger partial charge in [0.25, 0.3) is 17.2 Å². The van der Waals surface area contributed by atoms with E-state index in [0.717, 1.165) is 0 Å². The molecule has 1 N–H and O–H groups in total. The normalized spacial score (nSPS) is 11.1. The number of anilines is 1. The number of carbonyl (C=O) groups excluding carboxylic acids is 1. The lowest BCUT2D eigenvalue weighted by Crippen LogP contribution is -2.27. The highest BCUT2D eigenvalue weighted by molar-refractivity contribution is 7.99. The average Bonchev–Trinajstić information content (AvgIpc) is 2.65. The number of rotatable bonds is 6. The molecule has 0 aliphatic heterocycles. The third-order valence-electron chi connectivity index (χ3n) is 3.87. The van der Waals surface area contributed by atoms with Crippen LogP contribution in [-0.2, 0) is 6.54 Å². The van der Waals surface area contributed by atoms with E-state index in [-0.39, 0.29) is 21.8 Å². The number of thioether (sulfide) groups is 1. The minimum Gasteiger partial charge on any atom is -0.320 e. The Morgan fingerprint density at radius 1 is 1.15 bits per heavy atom. The number of aromatic nitrogens is 2. The molecule has 0 saturated carbocycles. The van der Waals surface area contributed by atoms with E-state index in [0.29, 0.717) is 35.5 Å². The van der Waals surface area contributed by atoms with Crippen LogP contribution in [0.5, 0.6) is 0 Å². The third kappa shape index (κ3) is 4.16. The number of alkyl halides is 2. The number of hydrogen-bond donors (Lipinski definition) is 1. The van der Waals surface area contributed by atoms with Gasteiger partial charge in [-0.25, -0.2) is 4.68 Å². The van der Waals surface area contributed by atoms with Crippen molar-refractivity contribution in [2.45, 2.75) is 30.5 Å². The molecule has 0 radical (unpaired) electrons. The lowest BCUT2D eigenvalue weighted by molar-refractivity contribution is 0.102.